The molecule has 11 heteroatoms. The second-order valence-corrected chi connectivity index (χ2v) is 9.35. The van der Waals surface area contributed by atoms with Gasteiger partial charge in [0, 0.05) is 30.1 Å². The van der Waals surface area contributed by atoms with E-state index < -0.39 is 0 Å². The number of halogens is 2. The molecular weight excluding hydrogens is 473 g/mol. The van der Waals surface area contributed by atoms with E-state index in [1.165, 1.54) is 22.3 Å². The summed E-state index contributed by atoms with van der Waals surface area (Å²) >= 11 is 13.2. The summed E-state index contributed by atoms with van der Waals surface area (Å²) in [5.41, 5.74) is 0.915. The number of likely N-dealkylation sites (N-methyl/N-ethyl adjacent to an activating group) is 1. The number of nitrogens with zero attached hydrogens (tertiary/aromatic N) is 3. The predicted molar refractivity (Wildman–Crippen MR) is 129 cm³/mol. The Morgan fingerprint density at radius 3 is 2.47 bits per heavy atom. The van der Waals surface area contributed by atoms with Crippen LogP contribution in [0.1, 0.15) is 29.9 Å². The summed E-state index contributed by atoms with van der Waals surface area (Å²) in [7, 11) is 3.86. The van der Waals surface area contributed by atoms with Crippen LogP contribution in [-0.4, -0.2) is 72.3 Å². The number of carbonyl (C=O) groups excluding carboxylic acids is 3. The van der Waals surface area contributed by atoms with Crippen molar-refractivity contribution in [3.8, 4) is 0 Å². The summed E-state index contributed by atoms with van der Waals surface area (Å²) in [6.07, 6.45) is 0.133. The molecule has 0 fully saturated rings. The van der Waals surface area contributed by atoms with Crippen LogP contribution in [0.2, 0.25) is 10.0 Å². The van der Waals surface area contributed by atoms with Crippen molar-refractivity contribution in [3.63, 3.8) is 0 Å². The fourth-order valence-corrected chi connectivity index (χ4v) is 3.71. The highest BCUT2D eigenvalue weighted by molar-refractivity contribution is 7.13. The highest BCUT2D eigenvalue weighted by atomic mass is 35.5. The molecule has 3 amide bonds. The summed E-state index contributed by atoms with van der Waals surface area (Å²) in [5, 5.41) is 8.23. The van der Waals surface area contributed by atoms with E-state index in [0.717, 1.165) is 6.54 Å². The molecule has 0 radical (unpaired) electrons. The highest BCUT2D eigenvalue weighted by Gasteiger charge is 2.23. The van der Waals surface area contributed by atoms with Crippen LogP contribution >= 0.6 is 34.5 Å². The summed E-state index contributed by atoms with van der Waals surface area (Å²) in [4.78, 5) is 45.1. The smallest absolute Gasteiger partial charge is 0.254 e. The van der Waals surface area contributed by atoms with Gasteiger partial charge in [-0.1, -0.05) is 23.2 Å². The summed E-state index contributed by atoms with van der Waals surface area (Å²) in [6.45, 7) is 4.78. The molecule has 0 atom stereocenters. The lowest BCUT2D eigenvalue weighted by Gasteiger charge is -2.26. The molecule has 174 valence electrons. The maximum Gasteiger partial charge on any atom is 0.254 e. The van der Waals surface area contributed by atoms with Crippen molar-refractivity contribution in [1.29, 1.82) is 0 Å². The number of thiazole rings is 1. The maximum atomic E-state index is 12.9. The minimum Gasteiger partial charge on any atom is -0.354 e. The summed E-state index contributed by atoms with van der Waals surface area (Å²) in [6, 6.07) is 4.38. The molecular formula is C21H27Cl2N5O3S. The van der Waals surface area contributed by atoms with E-state index in [0.29, 0.717) is 28.0 Å². The number of rotatable bonds is 10. The molecule has 32 heavy (non-hydrogen) atoms. The number of nitrogens with one attached hydrogen (secondary N) is 2. The van der Waals surface area contributed by atoms with E-state index in [-0.39, 0.29) is 41.8 Å². The quantitative estimate of drug-likeness (QED) is 0.523. The van der Waals surface area contributed by atoms with E-state index in [4.69, 9.17) is 23.2 Å². The minimum absolute atomic E-state index is 0.131. The fraction of sp³-hybridized carbons (Fsp3) is 0.429. The Morgan fingerprint density at radius 1 is 1.12 bits per heavy atom. The third-order valence-corrected chi connectivity index (χ3v) is 5.93. The van der Waals surface area contributed by atoms with Gasteiger partial charge in [-0.25, -0.2) is 4.98 Å². The third kappa shape index (κ3) is 8.05. The Morgan fingerprint density at radius 2 is 1.84 bits per heavy atom. The van der Waals surface area contributed by atoms with Gasteiger partial charge in [0.2, 0.25) is 11.8 Å². The van der Waals surface area contributed by atoms with Crippen LogP contribution < -0.4 is 10.6 Å². The molecule has 8 nitrogen and oxygen atoms in total. The Balaban J connectivity index is 1.94. The van der Waals surface area contributed by atoms with Crippen molar-refractivity contribution in [3.05, 3.63) is 44.9 Å². The molecule has 0 aliphatic rings. The lowest BCUT2D eigenvalue weighted by atomic mass is 10.1. The van der Waals surface area contributed by atoms with Gasteiger partial charge in [-0.05, 0) is 46.1 Å². The van der Waals surface area contributed by atoms with E-state index >= 15 is 0 Å². The minimum atomic E-state index is -0.386. The molecule has 0 spiro atoms. The van der Waals surface area contributed by atoms with E-state index in [1.807, 2.05) is 32.8 Å². The van der Waals surface area contributed by atoms with Crippen molar-refractivity contribution in [2.24, 2.45) is 0 Å². The van der Waals surface area contributed by atoms with E-state index in [2.05, 4.69) is 15.6 Å². The second kappa shape index (κ2) is 12.2. The van der Waals surface area contributed by atoms with Gasteiger partial charge in [-0.2, -0.15) is 0 Å². The molecule has 0 saturated carbocycles. The normalized spacial score (nSPS) is 11.0. The number of amides is 3. The Hall–Kier alpha value is -2.20. The molecule has 1 aromatic carbocycles. The van der Waals surface area contributed by atoms with E-state index in [9.17, 15) is 14.4 Å². The van der Waals surface area contributed by atoms with Crippen molar-refractivity contribution in [2.75, 3.05) is 39.0 Å². The molecule has 0 saturated heterocycles. The first-order valence-electron chi connectivity index (χ1n) is 9.98. The zero-order chi connectivity index (χ0) is 23.8. The molecule has 0 aliphatic carbocycles. The Kier molecular flexibility index (Phi) is 9.89. The Labute approximate surface area is 201 Å². The molecule has 2 aromatic rings. The zero-order valence-corrected chi connectivity index (χ0v) is 20.8. The average molecular weight is 500 g/mol. The largest absolute Gasteiger partial charge is 0.354 e. The molecule has 1 heterocycles. The zero-order valence-electron chi connectivity index (χ0n) is 18.4. The van der Waals surface area contributed by atoms with Crippen molar-refractivity contribution in [2.45, 2.75) is 26.3 Å². The molecule has 2 rings (SSSR count). The molecule has 0 bridgehead atoms. The summed E-state index contributed by atoms with van der Waals surface area (Å²) < 4.78 is 0. The number of benzene rings is 1. The third-order valence-electron chi connectivity index (χ3n) is 4.39. The Bertz CT molecular complexity index is 965. The maximum absolute atomic E-state index is 12.9. The monoisotopic (exact) mass is 499 g/mol. The number of carbonyl (C=O) groups is 3. The fourth-order valence-electron chi connectivity index (χ4n) is 2.69. The standard InChI is InChI=1S/C21H27Cl2N5O3S/c1-13(2)28(20(31)14-5-6-16(22)17(23)9-14)11-19(30)26-21-25-15(12-32-21)10-18(29)24-7-8-27(3)4/h5-6,9,12-13H,7-8,10-11H2,1-4H3,(H,24,29)(H,25,26,30). The molecule has 2 N–H and O–H groups in total. The highest BCUT2D eigenvalue weighted by Crippen LogP contribution is 2.24. The summed E-state index contributed by atoms with van der Waals surface area (Å²) in [5.74, 6) is -0.848. The van der Waals surface area contributed by atoms with Gasteiger partial charge in [0.15, 0.2) is 5.13 Å². The van der Waals surface area contributed by atoms with Gasteiger partial charge < -0.3 is 20.4 Å². The van der Waals surface area contributed by atoms with Crippen LogP contribution in [0.25, 0.3) is 0 Å². The van der Waals surface area contributed by atoms with Crippen LogP contribution in [0, 0.1) is 0 Å². The van der Waals surface area contributed by atoms with Crippen molar-refractivity contribution in [1.82, 2.24) is 20.1 Å². The van der Waals surface area contributed by atoms with Crippen LogP contribution in [0.4, 0.5) is 5.13 Å². The SMILES string of the molecule is CC(C)N(CC(=O)Nc1nc(CC(=O)NCCN(C)C)cs1)C(=O)c1ccc(Cl)c(Cl)c1. The van der Waals surface area contributed by atoms with Gasteiger partial charge in [0.05, 0.1) is 22.2 Å². The van der Waals surface area contributed by atoms with E-state index in [1.54, 1.807) is 17.5 Å². The number of hydrogen-bond acceptors (Lipinski definition) is 6. The molecule has 0 aliphatic heterocycles. The van der Waals surface area contributed by atoms with Crippen molar-refractivity contribution >= 4 is 57.4 Å². The number of hydrogen-bond donors (Lipinski definition) is 2. The van der Waals surface area contributed by atoms with Gasteiger partial charge in [-0.15, -0.1) is 11.3 Å². The van der Waals surface area contributed by atoms with Gasteiger partial charge >= 0.3 is 0 Å². The lowest BCUT2D eigenvalue weighted by Crippen LogP contribution is -2.42. The van der Waals surface area contributed by atoms with Gasteiger partial charge in [0.1, 0.15) is 6.54 Å². The first-order chi connectivity index (χ1) is 15.1. The first-order valence-corrected chi connectivity index (χ1v) is 11.6. The van der Waals surface area contributed by atoms with Crippen LogP contribution in [0.5, 0.6) is 0 Å². The topological polar surface area (TPSA) is 94.6 Å². The molecule has 0 unspecified atom stereocenters. The first kappa shape index (κ1) is 26.1. The van der Waals surface area contributed by atoms with Gasteiger partial charge in [0.25, 0.3) is 5.91 Å². The van der Waals surface area contributed by atoms with Crippen LogP contribution in [0.15, 0.2) is 23.6 Å². The number of aromatic nitrogens is 1. The van der Waals surface area contributed by atoms with Crippen molar-refractivity contribution < 1.29 is 14.4 Å². The van der Waals surface area contributed by atoms with Crippen LogP contribution in [0.3, 0.4) is 0 Å². The number of anilines is 1. The van der Waals surface area contributed by atoms with Gasteiger partial charge in [-0.3, -0.25) is 14.4 Å². The average Bonchev–Trinajstić information content (AvgIpc) is 3.13. The molecule has 1 aromatic heterocycles. The lowest BCUT2D eigenvalue weighted by molar-refractivity contribution is -0.120. The second-order valence-electron chi connectivity index (χ2n) is 7.68. The van der Waals surface area contributed by atoms with Crippen LogP contribution in [-0.2, 0) is 16.0 Å². The predicted octanol–water partition coefficient (Wildman–Crippen LogP) is 3.16.